The second-order valence-electron chi connectivity index (χ2n) is 2.72. The quantitative estimate of drug-likeness (QED) is 0.289. The standard InChI is InChI=1S/C4H11FO3Si.C2H4F2O.C2H5F.CH2F2O.3CH2F2.CH4/c1-6-9(4-5,7-2)8-3;3-1-2-5-4;1-2-3;2-1-4-3;3*2-1-3;/h4H2,1-3H3;1-2H2;2H2,1H3;1H2;3*1H2;1H4. The highest BCUT2D eigenvalue weighted by molar-refractivity contribution is 6.60. The van der Waals surface area contributed by atoms with Gasteiger partial charge in [0.2, 0.25) is 27.6 Å². The number of hydrogen-bond donors (Lipinski definition) is 0. The molecule has 0 bridgehead atoms. The molecule has 0 aliphatic heterocycles. The maximum Gasteiger partial charge on any atom is 0.532 e. The molecule has 0 saturated heterocycles. The number of alkyl halides is 10. The summed E-state index contributed by atoms with van der Waals surface area (Å²) in [5, 5.41) is 0. The first kappa shape index (κ1) is 52.2. The fourth-order valence-corrected chi connectivity index (χ4v) is 1.27. The summed E-state index contributed by atoms with van der Waals surface area (Å²) in [5.41, 5.74) is 0. The summed E-state index contributed by atoms with van der Waals surface area (Å²) < 4.78 is 135. The van der Waals surface area contributed by atoms with Crippen molar-refractivity contribution in [2.24, 2.45) is 0 Å². The summed E-state index contributed by atoms with van der Waals surface area (Å²) in [6.07, 6.45) is -0.684. The normalized spacial score (nSPS) is 8.13. The second kappa shape index (κ2) is 70.1. The summed E-state index contributed by atoms with van der Waals surface area (Å²) in [4.78, 5) is 5.19. The minimum Gasteiger partial charge on any atom is -0.375 e. The molecule has 0 radical (unpaired) electrons. The molecule has 0 amide bonds. The first-order chi connectivity index (χ1) is 14.2. The van der Waals surface area contributed by atoms with E-state index < -0.39 is 56.0 Å². The van der Waals surface area contributed by atoms with E-state index in [9.17, 15) is 53.0 Å². The molecular formula is C13H32F12O5Si. The Morgan fingerprint density at radius 1 is 0.613 bits per heavy atom. The van der Waals surface area contributed by atoms with E-state index in [1.807, 2.05) is 0 Å². The molecule has 31 heavy (non-hydrogen) atoms. The fraction of sp³-hybridized carbons (Fsp3) is 1.00. The maximum absolute atomic E-state index is 12.0. The third-order valence-electron chi connectivity index (χ3n) is 1.29. The van der Waals surface area contributed by atoms with E-state index in [1.54, 1.807) is 0 Å². The van der Waals surface area contributed by atoms with Crippen molar-refractivity contribution in [2.45, 2.75) is 14.4 Å². The summed E-state index contributed by atoms with van der Waals surface area (Å²) in [7, 11) is 1.26. The molecule has 0 aliphatic rings. The van der Waals surface area contributed by atoms with Crippen LogP contribution in [-0.4, -0.2) is 84.0 Å². The zero-order valence-corrected chi connectivity index (χ0v) is 17.7. The Hall–Kier alpha value is -0.823. The predicted octanol–water partition coefficient (Wildman–Crippen LogP) is 6.31. The highest BCUT2D eigenvalue weighted by Gasteiger charge is 2.38. The lowest BCUT2D eigenvalue weighted by atomic mass is 10.8. The van der Waals surface area contributed by atoms with Gasteiger partial charge in [0, 0.05) is 21.3 Å². The van der Waals surface area contributed by atoms with Crippen molar-refractivity contribution in [1.82, 2.24) is 0 Å². The van der Waals surface area contributed by atoms with Gasteiger partial charge in [-0.3, -0.25) is 4.39 Å². The molecule has 0 N–H and O–H groups in total. The topological polar surface area (TPSA) is 46.2 Å². The van der Waals surface area contributed by atoms with Crippen LogP contribution >= 0.6 is 0 Å². The molecule has 0 atom stereocenters. The molecule has 0 heterocycles. The Labute approximate surface area is 175 Å². The van der Waals surface area contributed by atoms with E-state index in [0.29, 0.717) is 0 Å². The Bertz CT molecular complexity index is 177. The molecule has 0 rings (SSSR count). The van der Waals surface area contributed by atoms with E-state index in [2.05, 4.69) is 9.88 Å². The van der Waals surface area contributed by atoms with Gasteiger partial charge in [-0.05, 0) is 16.0 Å². The number of hydrogen-bond acceptors (Lipinski definition) is 5. The van der Waals surface area contributed by atoms with Crippen molar-refractivity contribution in [3.63, 3.8) is 0 Å². The molecule has 0 aliphatic carbocycles. The van der Waals surface area contributed by atoms with Gasteiger partial charge in [0.1, 0.15) is 13.3 Å². The molecule has 0 saturated carbocycles. The van der Waals surface area contributed by atoms with Gasteiger partial charge in [-0.15, -0.1) is 0 Å². The molecule has 0 aromatic rings. The SMILES string of the molecule is C.CCF.CO[Si](CF)(OC)OC.FCCOF.FCF.FCF.FCF.FCOF. The molecule has 5 nitrogen and oxygen atoms in total. The summed E-state index contributed by atoms with van der Waals surface area (Å²) >= 11 is 0. The lowest BCUT2D eigenvalue weighted by molar-refractivity contribution is -0.167. The van der Waals surface area contributed by atoms with Crippen molar-refractivity contribution in [1.29, 1.82) is 0 Å². The minimum atomic E-state index is -2.86. The van der Waals surface area contributed by atoms with Crippen molar-refractivity contribution in [3.05, 3.63) is 0 Å². The minimum absolute atomic E-state index is 0. The number of halogens is 12. The third-order valence-corrected chi connectivity index (χ3v) is 3.49. The monoisotopic (exact) mass is 524 g/mol. The largest absolute Gasteiger partial charge is 0.532 e. The van der Waals surface area contributed by atoms with Gasteiger partial charge in [-0.2, -0.15) is 9.88 Å². The Kier molecular flexibility index (Phi) is 118. The second-order valence-corrected chi connectivity index (χ2v) is 5.58. The van der Waals surface area contributed by atoms with Crippen molar-refractivity contribution in [2.75, 3.05) is 75.2 Å². The van der Waals surface area contributed by atoms with Gasteiger partial charge in [-0.1, -0.05) is 7.43 Å². The molecule has 0 spiro atoms. The summed E-state index contributed by atoms with van der Waals surface area (Å²) in [6, 6.07) is 0. The summed E-state index contributed by atoms with van der Waals surface area (Å²) in [6.45, 7) is -6.59. The van der Waals surface area contributed by atoms with Crippen LogP contribution in [0.4, 0.5) is 53.0 Å². The van der Waals surface area contributed by atoms with Crippen LogP contribution in [0.3, 0.4) is 0 Å². The molecule has 0 aromatic carbocycles. The first-order valence-corrected chi connectivity index (χ1v) is 8.89. The van der Waals surface area contributed by atoms with Crippen LogP contribution in [0, 0.1) is 0 Å². The average Bonchev–Trinajstić information content (AvgIpc) is 2.74. The van der Waals surface area contributed by atoms with Crippen LogP contribution in [0.5, 0.6) is 0 Å². The summed E-state index contributed by atoms with van der Waals surface area (Å²) in [5.74, 6) is 0. The molecule has 202 valence electrons. The molecule has 0 aromatic heterocycles. The molecule has 18 heteroatoms. The number of rotatable bonds is 7. The smallest absolute Gasteiger partial charge is 0.375 e. The van der Waals surface area contributed by atoms with Crippen LogP contribution in [0.25, 0.3) is 0 Å². The lowest BCUT2D eigenvalue weighted by Crippen LogP contribution is -2.45. The van der Waals surface area contributed by atoms with Crippen molar-refractivity contribution < 1.29 is 76.1 Å². The zero-order chi connectivity index (χ0) is 25.7. The highest BCUT2D eigenvalue weighted by atomic mass is 28.4. The van der Waals surface area contributed by atoms with Crippen molar-refractivity contribution in [3.8, 4) is 0 Å². The van der Waals surface area contributed by atoms with E-state index in [-0.39, 0.29) is 14.1 Å². The third kappa shape index (κ3) is 107. The van der Waals surface area contributed by atoms with Gasteiger partial charge in [0.25, 0.3) is 0 Å². The van der Waals surface area contributed by atoms with Gasteiger partial charge >= 0.3 is 8.80 Å². The predicted molar refractivity (Wildman–Crippen MR) is 93.6 cm³/mol. The Morgan fingerprint density at radius 2 is 0.839 bits per heavy atom. The van der Waals surface area contributed by atoms with E-state index in [1.165, 1.54) is 28.3 Å². The van der Waals surface area contributed by atoms with Crippen LogP contribution in [0.1, 0.15) is 14.4 Å². The van der Waals surface area contributed by atoms with Crippen LogP contribution in [0.2, 0.25) is 0 Å². The molecule has 0 fully saturated rings. The first-order valence-electron chi connectivity index (χ1n) is 6.96. The van der Waals surface area contributed by atoms with E-state index >= 15 is 0 Å². The van der Waals surface area contributed by atoms with Gasteiger partial charge in [-0.25, -0.2) is 39.5 Å². The highest BCUT2D eigenvalue weighted by Crippen LogP contribution is 2.04. The Balaban J connectivity index is -0.0000000350. The van der Waals surface area contributed by atoms with Crippen LogP contribution in [0.15, 0.2) is 0 Å². The maximum atomic E-state index is 12.0. The average molecular weight is 524 g/mol. The molecule has 0 unspecified atom stereocenters. The van der Waals surface area contributed by atoms with Crippen LogP contribution < -0.4 is 0 Å². The zero-order valence-electron chi connectivity index (χ0n) is 16.7. The lowest BCUT2D eigenvalue weighted by Gasteiger charge is -2.20. The van der Waals surface area contributed by atoms with E-state index in [0.717, 1.165) is 0 Å². The fourth-order valence-electron chi connectivity index (χ4n) is 0.443. The molecular weight excluding hydrogens is 492 g/mol. The van der Waals surface area contributed by atoms with Gasteiger partial charge < -0.3 is 13.3 Å². The van der Waals surface area contributed by atoms with Gasteiger partial charge in [0.05, 0.1) is 6.67 Å². The van der Waals surface area contributed by atoms with E-state index in [4.69, 9.17) is 13.3 Å². The van der Waals surface area contributed by atoms with Gasteiger partial charge in [0.15, 0.2) is 6.30 Å². The van der Waals surface area contributed by atoms with Crippen molar-refractivity contribution >= 4 is 8.80 Å². The Morgan fingerprint density at radius 3 is 0.839 bits per heavy atom. The van der Waals surface area contributed by atoms with Crippen LogP contribution in [-0.2, 0) is 23.2 Å².